The normalized spacial score (nSPS) is 12.3. The highest BCUT2D eigenvalue weighted by molar-refractivity contribution is 5.71. The molecule has 0 N–H and O–H groups in total. The Balaban J connectivity index is 4.43. The second kappa shape index (κ2) is 57.0. The van der Waals surface area contributed by atoms with Gasteiger partial charge in [0.05, 0.1) is 0 Å². The first-order chi connectivity index (χ1) is 33.5. The smallest absolute Gasteiger partial charge is 0.306 e. The number of esters is 3. The van der Waals surface area contributed by atoms with Crippen LogP contribution in [0.3, 0.4) is 0 Å². The third-order valence-corrected chi connectivity index (χ3v) is 13.1. The third-order valence-electron chi connectivity index (χ3n) is 13.1. The van der Waals surface area contributed by atoms with Gasteiger partial charge in [0.1, 0.15) is 13.2 Å². The Bertz CT molecular complexity index is 1190. The van der Waals surface area contributed by atoms with Gasteiger partial charge in [-0.3, -0.25) is 14.4 Å². The molecule has 0 aromatic rings. The number of rotatable bonds is 54. The second-order valence-corrected chi connectivity index (χ2v) is 19.9. The summed E-state index contributed by atoms with van der Waals surface area (Å²) < 4.78 is 16.8. The van der Waals surface area contributed by atoms with Gasteiger partial charge in [-0.1, -0.05) is 262 Å². The zero-order chi connectivity index (χ0) is 49.3. The number of hydrogen-bond donors (Lipinski definition) is 0. The van der Waals surface area contributed by atoms with E-state index in [2.05, 4.69) is 69.4 Å². The van der Waals surface area contributed by atoms with Crippen molar-refractivity contribution in [3.05, 3.63) is 48.6 Å². The number of allylic oxidation sites excluding steroid dienone is 8. The van der Waals surface area contributed by atoms with Crippen molar-refractivity contribution >= 4 is 17.9 Å². The first kappa shape index (κ1) is 65.4. The van der Waals surface area contributed by atoms with E-state index < -0.39 is 6.10 Å². The fourth-order valence-corrected chi connectivity index (χ4v) is 8.57. The minimum absolute atomic E-state index is 0.0926. The van der Waals surface area contributed by atoms with Crippen molar-refractivity contribution < 1.29 is 28.6 Å². The third kappa shape index (κ3) is 54.3. The second-order valence-electron chi connectivity index (χ2n) is 19.9. The van der Waals surface area contributed by atoms with Gasteiger partial charge in [0.15, 0.2) is 6.10 Å². The van der Waals surface area contributed by atoms with Crippen molar-refractivity contribution in [2.45, 2.75) is 316 Å². The minimum Gasteiger partial charge on any atom is -0.462 e. The predicted octanol–water partition coefficient (Wildman–Crippen LogP) is 19.8. The first-order valence-corrected chi connectivity index (χ1v) is 29.6. The topological polar surface area (TPSA) is 78.9 Å². The molecule has 0 bridgehead atoms. The molecule has 6 heteroatoms. The van der Waals surface area contributed by atoms with Crippen LogP contribution in [0.1, 0.15) is 310 Å². The van der Waals surface area contributed by atoms with E-state index >= 15 is 0 Å². The molecule has 0 fully saturated rings. The van der Waals surface area contributed by atoms with Crippen LogP contribution in [0.4, 0.5) is 0 Å². The fourth-order valence-electron chi connectivity index (χ4n) is 8.57. The van der Waals surface area contributed by atoms with Crippen LogP contribution in [0, 0.1) is 0 Å². The maximum Gasteiger partial charge on any atom is 0.306 e. The molecule has 0 amide bonds. The summed E-state index contributed by atoms with van der Waals surface area (Å²) in [6.45, 7) is 6.62. The van der Waals surface area contributed by atoms with E-state index in [4.69, 9.17) is 14.2 Å². The van der Waals surface area contributed by atoms with E-state index in [9.17, 15) is 14.4 Å². The van der Waals surface area contributed by atoms with Crippen LogP contribution in [-0.2, 0) is 28.6 Å². The summed E-state index contributed by atoms with van der Waals surface area (Å²) in [7, 11) is 0. The maximum atomic E-state index is 12.8. The molecule has 0 aliphatic carbocycles. The Labute approximate surface area is 422 Å². The van der Waals surface area contributed by atoms with E-state index in [0.717, 1.165) is 64.2 Å². The van der Waals surface area contributed by atoms with E-state index in [0.29, 0.717) is 19.3 Å². The molecule has 0 rings (SSSR count). The lowest BCUT2D eigenvalue weighted by molar-refractivity contribution is -0.167. The summed E-state index contributed by atoms with van der Waals surface area (Å²) in [6.07, 6.45) is 69.7. The zero-order valence-electron chi connectivity index (χ0n) is 45.4. The van der Waals surface area contributed by atoms with E-state index in [1.54, 1.807) is 0 Å². The van der Waals surface area contributed by atoms with Gasteiger partial charge in [-0.05, 0) is 77.0 Å². The summed E-state index contributed by atoms with van der Waals surface area (Å²) in [5.41, 5.74) is 0. The molecule has 0 aliphatic rings. The summed E-state index contributed by atoms with van der Waals surface area (Å²) in [5, 5.41) is 0. The van der Waals surface area contributed by atoms with Crippen LogP contribution in [0.2, 0.25) is 0 Å². The highest BCUT2D eigenvalue weighted by Gasteiger charge is 2.19. The number of hydrogen-bond acceptors (Lipinski definition) is 6. The molecule has 0 aliphatic heterocycles. The summed E-state index contributed by atoms with van der Waals surface area (Å²) >= 11 is 0. The SMILES string of the molecule is CCCCCCCC/C=C\C/C=C\C/C=C\CCCC(=O)OC(COC(=O)CCCCCCC/C=C\CCCCCCCCCCC)COC(=O)CCCCCCCCCCCCCCCCC. The highest BCUT2D eigenvalue weighted by Crippen LogP contribution is 2.16. The minimum atomic E-state index is -0.801. The van der Waals surface area contributed by atoms with Crippen molar-refractivity contribution in [1.29, 1.82) is 0 Å². The molecule has 0 heterocycles. The number of ether oxygens (including phenoxy) is 3. The van der Waals surface area contributed by atoms with Crippen molar-refractivity contribution in [3.63, 3.8) is 0 Å². The van der Waals surface area contributed by atoms with Crippen LogP contribution in [-0.4, -0.2) is 37.2 Å². The number of carbonyl (C=O) groups is 3. The predicted molar refractivity (Wildman–Crippen MR) is 293 cm³/mol. The molecular formula is C62H112O6. The molecule has 68 heavy (non-hydrogen) atoms. The summed E-state index contributed by atoms with van der Waals surface area (Å²) in [5.74, 6) is -0.938. The molecule has 396 valence electrons. The molecule has 0 aromatic heterocycles. The molecule has 6 nitrogen and oxygen atoms in total. The Morgan fingerprint density at radius 2 is 0.544 bits per heavy atom. The molecule has 0 aromatic carbocycles. The Morgan fingerprint density at radius 1 is 0.294 bits per heavy atom. The highest BCUT2D eigenvalue weighted by atomic mass is 16.6. The first-order valence-electron chi connectivity index (χ1n) is 29.6. The van der Waals surface area contributed by atoms with E-state index in [-0.39, 0.29) is 37.5 Å². The van der Waals surface area contributed by atoms with Crippen LogP contribution < -0.4 is 0 Å². The van der Waals surface area contributed by atoms with Crippen molar-refractivity contribution in [3.8, 4) is 0 Å². The lowest BCUT2D eigenvalue weighted by atomic mass is 10.0. The van der Waals surface area contributed by atoms with Gasteiger partial charge in [0.2, 0.25) is 0 Å². The summed E-state index contributed by atoms with van der Waals surface area (Å²) in [4.78, 5) is 38.2. The Morgan fingerprint density at radius 3 is 0.882 bits per heavy atom. The van der Waals surface area contributed by atoms with Crippen LogP contribution in [0.25, 0.3) is 0 Å². The van der Waals surface area contributed by atoms with Crippen molar-refractivity contribution in [2.75, 3.05) is 13.2 Å². The average molecular weight is 954 g/mol. The molecule has 0 saturated heterocycles. The van der Waals surface area contributed by atoms with Crippen molar-refractivity contribution in [1.82, 2.24) is 0 Å². The van der Waals surface area contributed by atoms with Gasteiger partial charge >= 0.3 is 17.9 Å². The molecule has 1 atom stereocenters. The van der Waals surface area contributed by atoms with E-state index in [1.165, 1.54) is 199 Å². The Hall–Kier alpha value is -2.63. The van der Waals surface area contributed by atoms with Gasteiger partial charge in [0.25, 0.3) is 0 Å². The van der Waals surface area contributed by atoms with Crippen LogP contribution in [0.5, 0.6) is 0 Å². The van der Waals surface area contributed by atoms with Gasteiger partial charge < -0.3 is 14.2 Å². The van der Waals surface area contributed by atoms with Crippen LogP contribution in [0.15, 0.2) is 48.6 Å². The Kier molecular flexibility index (Phi) is 54.8. The van der Waals surface area contributed by atoms with Crippen molar-refractivity contribution in [2.24, 2.45) is 0 Å². The maximum absolute atomic E-state index is 12.8. The van der Waals surface area contributed by atoms with Gasteiger partial charge in [0, 0.05) is 19.3 Å². The lowest BCUT2D eigenvalue weighted by Gasteiger charge is -2.18. The zero-order valence-corrected chi connectivity index (χ0v) is 45.4. The van der Waals surface area contributed by atoms with Gasteiger partial charge in [-0.25, -0.2) is 0 Å². The van der Waals surface area contributed by atoms with Gasteiger partial charge in [-0.2, -0.15) is 0 Å². The molecular weight excluding hydrogens is 841 g/mol. The molecule has 1 unspecified atom stereocenters. The molecule has 0 radical (unpaired) electrons. The molecule has 0 saturated carbocycles. The number of unbranched alkanes of at least 4 members (excludes halogenated alkanes) is 35. The summed E-state index contributed by atoms with van der Waals surface area (Å²) in [6, 6.07) is 0. The van der Waals surface area contributed by atoms with Gasteiger partial charge in [-0.15, -0.1) is 0 Å². The monoisotopic (exact) mass is 953 g/mol. The number of carbonyl (C=O) groups excluding carboxylic acids is 3. The standard InChI is InChI=1S/C62H112O6/c1-4-7-10-13-16-19-22-25-28-30-32-34-37-40-43-46-49-52-55-61(64)67-58-59(57-66-60(63)54-51-48-45-42-39-36-33-27-24-21-18-15-12-9-6-3)68-62(65)56-53-50-47-44-41-38-35-31-29-26-23-20-17-14-11-8-5-2/h26,29,32,34-35,38,44,47,59H,4-25,27-28,30-31,33,36-37,39-43,45-46,48-58H2,1-3H3/b29-26-,34-32-,38-35-,47-44-. The lowest BCUT2D eigenvalue weighted by Crippen LogP contribution is -2.30. The van der Waals surface area contributed by atoms with Crippen LogP contribution >= 0.6 is 0 Å². The molecule has 0 spiro atoms. The van der Waals surface area contributed by atoms with E-state index in [1.807, 2.05) is 0 Å². The quantitative estimate of drug-likeness (QED) is 0.0262. The fraction of sp³-hybridized carbons (Fsp3) is 0.823. The largest absolute Gasteiger partial charge is 0.462 e. The average Bonchev–Trinajstić information content (AvgIpc) is 3.34.